The minimum Gasteiger partial charge on any atom is -0.455 e. The van der Waals surface area contributed by atoms with Gasteiger partial charge in [-0.3, -0.25) is 0 Å². The van der Waals surface area contributed by atoms with Gasteiger partial charge >= 0.3 is 0 Å². The summed E-state index contributed by atoms with van der Waals surface area (Å²) in [5.41, 5.74) is 1.84. The number of benzene rings is 7. The van der Waals surface area contributed by atoms with E-state index in [1.807, 2.05) is 66.7 Å². The van der Waals surface area contributed by atoms with Crippen LogP contribution < -0.4 is 4.90 Å². The van der Waals surface area contributed by atoms with Crippen LogP contribution in [-0.4, -0.2) is 0 Å². The summed E-state index contributed by atoms with van der Waals surface area (Å²) in [7, 11) is 0. The number of hydrogen-bond donors (Lipinski definition) is 0. The Hall–Kier alpha value is -5.38. The van der Waals surface area contributed by atoms with Crippen molar-refractivity contribution in [3.05, 3.63) is 151 Å². The van der Waals surface area contributed by atoms with Gasteiger partial charge in [0.2, 0.25) is 0 Å². The molecule has 2 nitrogen and oxygen atoms in total. The van der Waals surface area contributed by atoms with Gasteiger partial charge in [0.1, 0.15) is 11.2 Å². The predicted octanol–water partition coefficient (Wildman–Crippen LogP) is 12.2. The lowest BCUT2D eigenvalue weighted by Crippen LogP contribution is -2.10. The molecule has 0 fully saturated rings. The van der Waals surface area contributed by atoms with Crippen LogP contribution in [0.25, 0.3) is 64.0 Å². The van der Waals surface area contributed by atoms with E-state index in [0.717, 1.165) is 27.5 Å². The van der Waals surface area contributed by atoms with E-state index in [0.29, 0.717) is 27.9 Å². The average molecular weight is 579 g/mol. The van der Waals surface area contributed by atoms with Gasteiger partial charge in [0.05, 0.1) is 26.2 Å². The summed E-state index contributed by atoms with van der Waals surface area (Å²) in [6.07, 6.45) is 0. The zero-order valence-corrected chi connectivity index (χ0v) is 23.2. The van der Waals surface area contributed by atoms with Crippen molar-refractivity contribution in [1.82, 2.24) is 0 Å². The summed E-state index contributed by atoms with van der Waals surface area (Å²) in [5, 5.41) is 3.41. The van der Waals surface area contributed by atoms with E-state index in [4.69, 9.17) is 14.0 Å². The van der Waals surface area contributed by atoms with Crippen LogP contribution >= 0.6 is 11.3 Å². The molecule has 0 aliphatic carbocycles. The van der Waals surface area contributed by atoms with Gasteiger partial charge < -0.3 is 9.32 Å². The summed E-state index contributed by atoms with van der Waals surface area (Å²) in [4.78, 5) is 1.67. The quantitative estimate of drug-likeness (QED) is 0.206. The molecule has 9 rings (SSSR count). The molecule has 0 saturated carbocycles. The Kier molecular flexibility index (Phi) is 3.51. The third-order valence-electron chi connectivity index (χ3n) is 7.64. The standard InChI is InChI=1S/C40H25NOS/c1-2-11-28(12-3-1)41(35-17-9-18-36-38(35)34-25-22-26-10-4-5-13-30(26)39(34)42-36)29-23-20-27(21-24-29)31-15-8-16-33-32-14-6-7-19-37(32)43-40(31)33/h1-25H/i6D,7D,8D,14D,15D,16D,19D,20D,21D,23D,24D. The van der Waals surface area contributed by atoms with Crippen molar-refractivity contribution in [3.8, 4) is 11.1 Å². The van der Waals surface area contributed by atoms with Crippen LogP contribution in [0.3, 0.4) is 0 Å². The number of nitrogens with zero attached hydrogens (tertiary/aromatic N) is 1. The molecule has 0 atom stereocenters. The minimum atomic E-state index is -0.567. The molecule has 3 heteroatoms. The molecular formula is C40H25NOS. The highest BCUT2D eigenvalue weighted by Crippen LogP contribution is 2.45. The molecule has 0 spiro atoms. The normalized spacial score (nSPS) is 15.3. The lowest BCUT2D eigenvalue weighted by atomic mass is 10.0. The lowest BCUT2D eigenvalue weighted by Gasteiger charge is -2.26. The van der Waals surface area contributed by atoms with Crippen LogP contribution in [0.2, 0.25) is 0 Å². The SMILES string of the molecule is [2H]c1c([2H])c(N(c2ccccc2)c2cccc3oc4c5ccccc5ccc4c23)c([2H])c([2H])c1-c1c([2H])c([2H])c([2H])c2c1sc1c([2H])c([2H])c([2H])c([2H])c12. The molecule has 9 aromatic rings. The second kappa shape index (κ2) is 9.59. The van der Waals surface area contributed by atoms with E-state index in [2.05, 4.69) is 0 Å². The van der Waals surface area contributed by atoms with Crippen molar-refractivity contribution in [2.45, 2.75) is 0 Å². The van der Waals surface area contributed by atoms with Crippen LogP contribution in [0.1, 0.15) is 15.1 Å². The topological polar surface area (TPSA) is 16.4 Å². The molecule has 202 valence electrons. The third-order valence-corrected chi connectivity index (χ3v) is 8.76. The first-order valence-corrected chi connectivity index (χ1v) is 14.4. The highest BCUT2D eigenvalue weighted by molar-refractivity contribution is 7.26. The average Bonchev–Trinajstić information content (AvgIpc) is 3.78. The first-order chi connectivity index (χ1) is 25.9. The zero-order valence-electron chi connectivity index (χ0n) is 33.3. The molecule has 0 bridgehead atoms. The van der Waals surface area contributed by atoms with Crippen molar-refractivity contribution < 1.29 is 19.5 Å². The van der Waals surface area contributed by atoms with Gasteiger partial charge in [-0.05, 0) is 65.0 Å². The van der Waals surface area contributed by atoms with Crippen molar-refractivity contribution >= 4 is 81.3 Å². The largest absolute Gasteiger partial charge is 0.455 e. The van der Waals surface area contributed by atoms with Crippen LogP contribution in [0.5, 0.6) is 0 Å². The number of para-hydroxylation sites is 1. The van der Waals surface area contributed by atoms with Gasteiger partial charge in [0, 0.05) is 42.3 Å². The fourth-order valence-electron chi connectivity index (χ4n) is 5.73. The number of thiophene rings is 1. The Bertz CT molecular complexity index is 3060. The van der Waals surface area contributed by atoms with Crippen LogP contribution in [-0.2, 0) is 0 Å². The Morgan fingerprint density at radius 3 is 2.30 bits per heavy atom. The van der Waals surface area contributed by atoms with Gasteiger partial charge in [0.15, 0.2) is 0 Å². The number of furan rings is 1. The van der Waals surface area contributed by atoms with E-state index in [9.17, 15) is 5.48 Å². The number of rotatable bonds is 4. The number of fused-ring (bicyclic) bond motifs is 8. The number of anilines is 3. The molecule has 0 amide bonds. The highest BCUT2D eigenvalue weighted by Gasteiger charge is 2.20. The summed E-state index contributed by atoms with van der Waals surface area (Å²) in [6, 6.07) is 21.3. The second-order valence-electron chi connectivity index (χ2n) is 10.1. The minimum absolute atomic E-state index is 0.00381. The molecule has 0 radical (unpaired) electrons. The van der Waals surface area contributed by atoms with Crippen LogP contribution in [0.4, 0.5) is 17.1 Å². The molecule has 0 aliphatic heterocycles. The van der Waals surface area contributed by atoms with E-state index < -0.39 is 60.4 Å². The molecule has 0 unspecified atom stereocenters. The van der Waals surface area contributed by atoms with Gasteiger partial charge in [-0.25, -0.2) is 0 Å². The van der Waals surface area contributed by atoms with Crippen LogP contribution in [0, 0.1) is 0 Å². The maximum Gasteiger partial charge on any atom is 0.143 e. The number of hydrogen-bond acceptors (Lipinski definition) is 3. The molecule has 43 heavy (non-hydrogen) atoms. The van der Waals surface area contributed by atoms with E-state index >= 15 is 0 Å². The molecule has 0 saturated heterocycles. The van der Waals surface area contributed by atoms with Crippen molar-refractivity contribution in [2.75, 3.05) is 4.90 Å². The highest BCUT2D eigenvalue weighted by atomic mass is 32.1. The Morgan fingerprint density at radius 1 is 0.581 bits per heavy atom. The first kappa shape index (κ1) is 15.7. The predicted molar refractivity (Wildman–Crippen MR) is 184 cm³/mol. The van der Waals surface area contributed by atoms with Gasteiger partial charge in [-0.2, -0.15) is 0 Å². The summed E-state index contributed by atoms with van der Waals surface area (Å²) >= 11 is 0.877. The first-order valence-electron chi connectivity index (χ1n) is 19.1. The monoisotopic (exact) mass is 578 g/mol. The maximum atomic E-state index is 9.49. The Morgan fingerprint density at radius 2 is 1.40 bits per heavy atom. The smallest absolute Gasteiger partial charge is 0.143 e. The molecule has 0 N–H and O–H groups in total. The molecule has 7 aromatic carbocycles. The fourth-order valence-corrected chi connectivity index (χ4v) is 6.81. The van der Waals surface area contributed by atoms with E-state index in [1.165, 1.54) is 0 Å². The maximum absolute atomic E-state index is 9.49. The van der Waals surface area contributed by atoms with Gasteiger partial charge in [0.25, 0.3) is 0 Å². The van der Waals surface area contributed by atoms with E-state index in [-0.39, 0.29) is 43.0 Å². The lowest BCUT2D eigenvalue weighted by molar-refractivity contribution is 0.672. The Balaban J connectivity index is 1.37. The zero-order chi connectivity index (χ0) is 37.9. The Labute approximate surface area is 268 Å². The van der Waals surface area contributed by atoms with Crippen LogP contribution in [0.15, 0.2) is 156 Å². The molecular weight excluding hydrogens is 543 g/mol. The summed E-state index contributed by atoms with van der Waals surface area (Å²) < 4.78 is 105. The van der Waals surface area contributed by atoms with Gasteiger partial charge in [-0.1, -0.05) is 103 Å². The second-order valence-corrected chi connectivity index (χ2v) is 11.1. The van der Waals surface area contributed by atoms with E-state index in [1.54, 1.807) is 23.1 Å². The fraction of sp³-hybridized carbons (Fsp3) is 0. The summed E-state index contributed by atoms with van der Waals surface area (Å²) in [6.45, 7) is 0. The molecule has 2 heterocycles. The van der Waals surface area contributed by atoms with Crippen molar-refractivity contribution in [3.63, 3.8) is 0 Å². The summed E-state index contributed by atoms with van der Waals surface area (Å²) in [5.74, 6) is 0. The van der Waals surface area contributed by atoms with Gasteiger partial charge in [-0.15, -0.1) is 11.3 Å². The third kappa shape index (κ3) is 3.79. The van der Waals surface area contributed by atoms with Crippen molar-refractivity contribution in [2.24, 2.45) is 0 Å². The molecule has 0 aliphatic rings. The van der Waals surface area contributed by atoms with Crippen molar-refractivity contribution in [1.29, 1.82) is 0 Å². The molecule has 2 aromatic heterocycles.